The molecule has 1 aromatic rings. The first-order valence-corrected chi connectivity index (χ1v) is 6.75. The SMILES string of the molecule is CC(C)c1nnc(NC2CCC(O)CC2)s1. The summed E-state index contributed by atoms with van der Waals surface area (Å²) in [6.07, 6.45) is 3.75. The molecule has 2 N–H and O–H groups in total. The topological polar surface area (TPSA) is 58.0 Å². The highest BCUT2D eigenvalue weighted by molar-refractivity contribution is 7.15. The molecule has 0 bridgehead atoms. The molecule has 0 spiro atoms. The Hall–Kier alpha value is -0.680. The Balaban J connectivity index is 1.88. The molecule has 0 aromatic carbocycles. The number of hydrogen-bond donors (Lipinski definition) is 2. The van der Waals surface area contributed by atoms with Gasteiger partial charge in [0.05, 0.1) is 6.10 Å². The van der Waals surface area contributed by atoms with E-state index in [1.54, 1.807) is 11.3 Å². The van der Waals surface area contributed by atoms with Gasteiger partial charge in [0.15, 0.2) is 0 Å². The van der Waals surface area contributed by atoms with Crippen LogP contribution in [0.4, 0.5) is 5.13 Å². The van der Waals surface area contributed by atoms with Gasteiger partial charge >= 0.3 is 0 Å². The van der Waals surface area contributed by atoms with Gasteiger partial charge in [-0.1, -0.05) is 25.2 Å². The number of hydrogen-bond acceptors (Lipinski definition) is 5. The van der Waals surface area contributed by atoms with Crippen molar-refractivity contribution in [2.75, 3.05) is 5.32 Å². The van der Waals surface area contributed by atoms with Crippen LogP contribution in [-0.4, -0.2) is 27.4 Å². The van der Waals surface area contributed by atoms with Gasteiger partial charge in [-0.2, -0.15) is 0 Å². The fourth-order valence-electron chi connectivity index (χ4n) is 1.92. The maximum Gasteiger partial charge on any atom is 0.205 e. The van der Waals surface area contributed by atoms with Crippen molar-refractivity contribution in [1.29, 1.82) is 0 Å². The summed E-state index contributed by atoms with van der Waals surface area (Å²) in [6.45, 7) is 4.25. The Bertz CT molecular complexity index is 332. The molecule has 1 aliphatic carbocycles. The first kappa shape index (κ1) is 11.8. The largest absolute Gasteiger partial charge is 0.393 e. The third-order valence-corrected chi connectivity index (χ3v) is 4.11. The lowest BCUT2D eigenvalue weighted by Crippen LogP contribution is -2.28. The van der Waals surface area contributed by atoms with Crippen LogP contribution < -0.4 is 5.32 Å². The summed E-state index contributed by atoms with van der Waals surface area (Å²) >= 11 is 1.64. The molecule has 1 fully saturated rings. The highest BCUT2D eigenvalue weighted by Gasteiger charge is 2.20. The molecule has 1 heterocycles. The highest BCUT2D eigenvalue weighted by Crippen LogP contribution is 2.26. The molecule has 16 heavy (non-hydrogen) atoms. The van der Waals surface area contributed by atoms with E-state index in [0.717, 1.165) is 35.8 Å². The van der Waals surface area contributed by atoms with Gasteiger partial charge in [-0.15, -0.1) is 10.2 Å². The van der Waals surface area contributed by atoms with Crippen molar-refractivity contribution in [2.45, 2.75) is 57.6 Å². The van der Waals surface area contributed by atoms with Gasteiger partial charge in [0, 0.05) is 12.0 Å². The molecule has 2 rings (SSSR count). The number of aliphatic hydroxyl groups is 1. The molecule has 5 heteroatoms. The van der Waals surface area contributed by atoms with Crippen LogP contribution in [0.2, 0.25) is 0 Å². The number of nitrogens with one attached hydrogen (secondary N) is 1. The third-order valence-electron chi connectivity index (χ3n) is 2.96. The third kappa shape index (κ3) is 2.92. The Morgan fingerprint density at radius 2 is 1.94 bits per heavy atom. The molecule has 0 atom stereocenters. The van der Waals surface area contributed by atoms with Gasteiger partial charge in [0.1, 0.15) is 5.01 Å². The maximum atomic E-state index is 9.42. The van der Waals surface area contributed by atoms with Crippen LogP contribution in [0.3, 0.4) is 0 Å². The lowest BCUT2D eigenvalue weighted by molar-refractivity contribution is 0.126. The second kappa shape index (κ2) is 5.10. The predicted molar refractivity (Wildman–Crippen MR) is 65.9 cm³/mol. The average molecular weight is 241 g/mol. The number of nitrogens with zero attached hydrogens (tertiary/aromatic N) is 2. The van der Waals surface area contributed by atoms with E-state index in [9.17, 15) is 5.11 Å². The van der Waals surface area contributed by atoms with Crippen molar-refractivity contribution in [2.24, 2.45) is 0 Å². The van der Waals surface area contributed by atoms with Gasteiger partial charge < -0.3 is 10.4 Å². The van der Waals surface area contributed by atoms with Crippen molar-refractivity contribution in [1.82, 2.24) is 10.2 Å². The molecule has 0 unspecified atom stereocenters. The van der Waals surface area contributed by atoms with Gasteiger partial charge in [0.25, 0.3) is 0 Å². The van der Waals surface area contributed by atoms with Gasteiger partial charge in [-0.05, 0) is 25.7 Å². The first-order chi connectivity index (χ1) is 7.65. The van der Waals surface area contributed by atoms with Crippen molar-refractivity contribution in [3.63, 3.8) is 0 Å². The molecule has 1 aromatic heterocycles. The van der Waals surface area contributed by atoms with Crippen LogP contribution in [0.15, 0.2) is 0 Å². The van der Waals surface area contributed by atoms with Crippen LogP contribution in [0.1, 0.15) is 50.5 Å². The smallest absolute Gasteiger partial charge is 0.205 e. The fourth-order valence-corrected chi connectivity index (χ4v) is 2.74. The number of rotatable bonds is 3. The molecule has 1 saturated carbocycles. The lowest BCUT2D eigenvalue weighted by Gasteiger charge is -2.25. The van der Waals surface area contributed by atoms with E-state index in [0.29, 0.717) is 12.0 Å². The summed E-state index contributed by atoms with van der Waals surface area (Å²) in [5, 5.41) is 23.1. The molecular formula is C11H19N3OS. The molecule has 0 amide bonds. The van der Waals surface area contributed by atoms with Crippen LogP contribution in [0, 0.1) is 0 Å². The Kier molecular flexibility index (Phi) is 3.76. The zero-order valence-electron chi connectivity index (χ0n) is 9.81. The van der Waals surface area contributed by atoms with Crippen molar-refractivity contribution < 1.29 is 5.11 Å². The maximum absolute atomic E-state index is 9.42. The minimum Gasteiger partial charge on any atom is -0.393 e. The van der Waals surface area contributed by atoms with Crippen LogP contribution in [0.5, 0.6) is 0 Å². The minimum absolute atomic E-state index is 0.0984. The quantitative estimate of drug-likeness (QED) is 0.853. The molecular weight excluding hydrogens is 222 g/mol. The summed E-state index contributed by atoms with van der Waals surface area (Å²) < 4.78 is 0. The van der Waals surface area contributed by atoms with E-state index < -0.39 is 0 Å². The van der Waals surface area contributed by atoms with Crippen LogP contribution in [-0.2, 0) is 0 Å². The van der Waals surface area contributed by atoms with E-state index in [1.807, 2.05) is 0 Å². The van der Waals surface area contributed by atoms with Gasteiger partial charge in [-0.25, -0.2) is 0 Å². The van der Waals surface area contributed by atoms with Crippen LogP contribution >= 0.6 is 11.3 Å². The number of anilines is 1. The van der Waals surface area contributed by atoms with Gasteiger partial charge in [0.2, 0.25) is 5.13 Å². The summed E-state index contributed by atoms with van der Waals surface area (Å²) in [4.78, 5) is 0. The summed E-state index contributed by atoms with van der Waals surface area (Å²) in [5.74, 6) is 0.446. The second-order valence-corrected chi connectivity index (χ2v) is 5.76. The van der Waals surface area contributed by atoms with E-state index in [1.165, 1.54) is 0 Å². The van der Waals surface area contributed by atoms with E-state index in [-0.39, 0.29) is 6.10 Å². The zero-order chi connectivity index (χ0) is 11.5. The van der Waals surface area contributed by atoms with E-state index in [2.05, 4.69) is 29.4 Å². The Morgan fingerprint density at radius 1 is 1.25 bits per heavy atom. The van der Waals surface area contributed by atoms with Crippen molar-refractivity contribution >= 4 is 16.5 Å². The second-order valence-electron chi connectivity index (χ2n) is 4.75. The van der Waals surface area contributed by atoms with Gasteiger partial charge in [-0.3, -0.25) is 0 Å². The Labute approximate surface area is 100 Å². The average Bonchev–Trinajstić information content (AvgIpc) is 2.70. The normalized spacial score (nSPS) is 26.0. The standard InChI is InChI=1S/C11H19N3OS/c1-7(2)10-13-14-11(16-10)12-8-3-5-9(15)6-4-8/h7-9,15H,3-6H2,1-2H3,(H,12,14). The molecule has 90 valence electrons. The van der Waals surface area contributed by atoms with Crippen molar-refractivity contribution in [3.8, 4) is 0 Å². The summed E-state index contributed by atoms with van der Waals surface area (Å²) in [6, 6.07) is 0.455. The fraction of sp³-hybridized carbons (Fsp3) is 0.818. The molecule has 0 aliphatic heterocycles. The van der Waals surface area contributed by atoms with E-state index in [4.69, 9.17) is 0 Å². The molecule has 4 nitrogen and oxygen atoms in total. The highest BCUT2D eigenvalue weighted by atomic mass is 32.1. The zero-order valence-corrected chi connectivity index (χ0v) is 10.6. The molecule has 1 aliphatic rings. The summed E-state index contributed by atoms with van der Waals surface area (Å²) in [7, 11) is 0. The minimum atomic E-state index is -0.0984. The number of aliphatic hydroxyl groups excluding tert-OH is 1. The molecule has 0 saturated heterocycles. The van der Waals surface area contributed by atoms with Crippen LogP contribution in [0.25, 0.3) is 0 Å². The lowest BCUT2D eigenvalue weighted by atomic mass is 9.93. The number of aromatic nitrogens is 2. The first-order valence-electron chi connectivity index (χ1n) is 5.93. The predicted octanol–water partition coefficient (Wildman–Crippen LogP) is 2.38. The van der Waals surface area contributed by atoms with Crippen molar-refractivity contribution in [3.05, 3.63) is 5.01 Å². The molecule has 0 radical (unpaired) electrons. The summed E-state index contributed by atoms with van der Waals surface area (Å²) in [5.41, 5.74) is 0. The monoisotopic (exact) mass is 241 g/mol. The van der Waals surface area contributed by atoms with E-state index >= 15 is 0 Å². The Morgan fingerprint density at radius 3 is 2.50 bits per heavy atom.